The highest BCUT2D eigenvalue weighted by Gasteiger charge is 2.06. The summed E-state index contributed by atoms with van der Waals surface area (Å²) in [5.41, 5.74) is 1.03. The van der Waals surface area contributed by atoms with Gasteiger partial charge in [-0.15, -0.1) is 0 Å². The molecule has 4 heteroatoms. The fourth-order valence-corrected chi connectivity index (χ4v) is 3.45. The third kappa shape index (κ3) is 7.71. The zero-order chi connectivity index (χ0) is 20.2. The van der Waals surface area contributed by atoms with E-state index in [-0.39, 0.29) is 11.5 Å². The Morgan fingerprint density at radius 2 is 1.36 bits per heavy atom. The molecule has 2 rings (SSSR count). The van der Waals surface area contributed by atoms with Crippen molar-refractivity contribution in [2.75, 3.05) is 5.32 Å². The zero-order valence-electron chi connectivity index (χ0n) is 17.0. The largest absolute Gasteiger partial charge is 0.478 e. The van der Waals surface area contributed by atoms with Crippen LogP contribution in [-0.2, 0) is 4.79 Å². The number of fused-ring (bicyclic) bond motifs is 1. The lowest BCUT2D eigenvalue weighted by Gasteiger charge is -2.07. The second kappa shape index (κ2) is 12.2. The number of hydrogen-bond acceptors (Lipinski definition) is 2. The summed E-state index contributed by atoms with van der Waals surface area (Å²) in [6, 6.07) is 10.6. The van der Waals surface area contributed by atoms with Crippen LogP contribution in [0.2, 0.25) is 0 Å². The minimum Gasteiger partial charge on any atom is -0.478 e. The molecule has 2 aromatic rings. The Kier molecular flexibility index (Phi) is 9.53. The number of carboxylic acid groups (broad SMARTS) is 1. The smallest absolute Gasteiger partial charge is 0.335 e. The maximum Gasteiger partial charge on any atom is 0.335 e. The molecule has 0 aliphatic heterocycles. The van der Waals surface area contributed by atoms with Gasteiger partial charge < -0.3 is 10.4 Å². The summed E-state index contributed by atoms with van der Waals surface area (Å²) >= 11 is 0. The number of carbonyl (C=O) groups is 2. The van der Waals surface area contributed by atoms with Gasteiger partial charge in [0.1, 0.15) is 0 Å². The minimum atomic E-state index is -0.934. The fraction of sp³-hybridized carbons (Fsp3) is 0.500. The molecule has 28 heavy (non-hydrogen) atoms. The molecule has 4 nitrogen and oxygen atoms in total. The Hall–Kier alpha value is -2.36. The number of hydrogen-bond donors (Lipinski definition) is 2. The van der Waals surface area contributed by atoms with E-state index in [2.05, 4.69) is 12.2 Å². The van der Waals surface area contributed by atoms with Crippen LogP contribution in [0, 0.1) is 0 Å². The number of amides is 1. The van der Waals surface area contributed by atoms with Gasteiger partial charge in [-0.25, -0.2) is 4.79 Å². The van der Waals surface area contributed by atoms with Gasteiger partial charge in [0.05, 0.1) is 5.56 Å². The monoisotopic (exact) mass is 383 g/mol. The van der Waals surface area contributed by atoms with Gasteiger partial charge in [-0.2, -0.15) is 0 Å². The number of carbonyl (C=O) groups excluding carboxylic acids is 1. The Morgan fingerprint density at radius 3 is 2.00 bits per heavy atom. The van der Waals surface area contributed by atoms with E-state index in [1.165, 1.54) is 51.4 Å². The van der Waals surface area contributed by atoms with Crippen LogP contribution in [0.5, 0.6) is 0 Å². The van der Waals surface area contributed by atoms with Gasteiger partial charge in [-0.3, -0.25) is 4.79 Å². The normalized spacial score (nSPS) is 10.9. The molecule has 152 valence electrons. The fourth-order valence-electron chi connectivity index (χ4n) is 3.45. The van der Waals surface area contributed by atoms with Gasteiger partial charge in [0.15, 0.2) is 0 Å². The van der Waals surface area contributed by atoms with Crippen LogP contribution in [0.1, 0.15) is 87.9 Å². The van der Waals surface area contributed by atoms with Crippen molar-refractivity contribution in [3.8, 4) is 0 Å². The van der Waals surface area contributed by atoms with E-state index in [0.717, 1.165) is 29.3 Å². The lowest BCUT2D eigenvalue weighted by Crippen LogP contribution is -2.10. The first-order valence-corrected chi connectivity index (χ1v) is 10.7. The summed E-state index contributed by atoms with van der Waals surface area (Å²) in [6.07, 6.45) is 13.1. The molecule has 0 atom stereocenters. The van der Waals surface area contributed by atoms with Crippen molar-refractivity contribution in [2.45, 2.75) is 77.6 Å². The van der Waals surface area contributed by atoms with E-state index in [9.17, 15) is 9.59 Å². The number of anilines is 1. The first kappa shape index (κ1) is 21.9. The Labute approximate surface area is 168 Å². The molecule has 0 aliphatic carbocycles. The summed E-state index contributed by atoms with van der Waals surface area (Å²) in [6.45, 7) is 2.24. The predicted octanol–water partition coefficient (Wildman–Crippen LogP) is 6.79. The van der Waals surface area contributed by atoms with Crippen LogP contribution in [0.25, 0.3) is 10.8 Å². The maximum atomic E-state index is 12.1. The molecular formula is C24H33NO3. The number of benzene rings is 2. The average Bonchev–Trinajstić information content (AvgIpc) is 2.69. The van der Waals surface area contributed by atoms with Gasteiger partial charge in [-0.05, 0) is 41.5 Å². The van der Waals surface area contributed by atoms with Gasteiger partial charge in [0.25, 0.3) is 0 Å². The van der Waals surface area contributed by atoms with Crippen molar-refractivity contribution in [2.24, 2.45) is 0 Å². The molecule has 2 N–H and O–H groups in total. The van der Waals surface area contributed by atoms with Crippen molar-refractivity contribution in [1.29, 1.82) is 0 Å². The summed E-state index contributed by atoms with van der Waals surface area (Å²) < 4.78 is 0. The number of nitrogens with one attached hydrogen (secondary N) is 1. The summed E-state index contributed by atoms with van der Waals surface area (Å²) in [4.78, 5) is 23.2. The van der Waals surface area contributed by atoms with Crippen LogP contribution in [0.15, 0.2) is 36.4 Å². The molecule has 1 amide bonds. The molecular weight excluding hydrogens is 350 g/mol. The Morgan fingerprint density at radius 1 is 0.786 bits per heavy atom. The van der Waals surface area contributed by atoms with Gasteiger partial charge in [0, 0.05) is 12.1 Å². The van der Waals surface area contributed by atoms with E-state index in [1.807, 2.05) is 18.2 Å². The third-order valence-electron chi connectivity index (χ3n) is 5.13. The Balaban J connectivity index is 1.65. The lowest BCUT2D eigenvalue weighted by molar-refractivity contribution is -0.116. The molecule has 0 fully saturated rings. The Bertz CT molecular complexity index is 770. The maximum absolute atomic E-state index is 12.1. The van der Waals surface area contributed by atoms with Crippen LogP contribution in [0.4, 0.5) is 5.69 Å². The van der Waals surface area contributed by atoms with Crippen molar-refractivity contribution in [3.05, 3.63) is 42.0 Å². The highest BCUT2D eigenvalue weighted by atomic mass is 16.4. The van der Waals surface area contributed by atoms with E-state index in [1.54, 1.807) is 18.2 Å². The van der Waals surface area contributed by atoms with Crippen molar-refractivity contribution >= 4 is 28.3 Å². The van der Waals surface area contributed by atoms with Crippen LogP contribution < -0.4 is 5.32 Å². The van der Waals surface area contributed by atoms with Gasteiger partial charge >= 0.3 is 5.97 Å². The SMILES string of the molecule is CCCCCCCCCCCCC(=O)Nc1ccc2cc(C(=O)O)ccc2c1. The van der Waals surface area contributed by atoms with E-state index in [4.69, 9.17) is 5.11 Å². The third-order valence-corrected chi connectivity index (χ3v) is 5.13. The zero-order valence-corrected chi connectivity index (χ0v) is 17.0. The average molecular weight is 384 g/mol. The minimum absolute atomic E-state index is 0.0427. The molecule has 0 heterocycles. The van der Waals surface area contributed by atoms with E-state index < -0.39 is 5.97 Å². The van der Waals surface area contributed by atoms with Gasteiger partial charge in [-0.1, -0.05) is 76.8 Å². The molecule has 0 aliphatic rings. The van der Waals surface area contributed by atoms with Crippen molar-refractivity contribution in [1.82, 2.24) is 0 Å². The lowest BCUT2D eigenvalue weighted by atomic mass is 10.1. The van der Waals surface area contributed by atoms with Crippen LogP contribution in [-0.4, -0.2) is 17.0 Å². The van der Waals surface area contributed by atoms with Crippen LogP contribution in [0.3, 0.4) is 0 Å². The van der Waals surface area contributed by atoms with Crippen LogP contribution >= 0.6 is 0 Å². The molecule has 2 aromatic carbocycles. The first-order valence-electron chi connectivity index (χ1n) is 10.7. The van der Waals surface area contributed by atoms with E-state index >= 15 is 0 Å². The van der Waals surface area contributed by atoms with Gasteiger partial charge in [0.2, 0.25) is 5.91 Å². The highest BCUT2D eigenvalue weighted by Crippen LogP contribution is 2.21. The number of unbranched alkanes of at least 4 members (excludes halogenated alkanes) is 9. The number of aromatic carboxylic acids is 1. The summed E-state index contributed by atoms with van der Waals surface area (Å²) in [7, 11) is 0. The first-order chi connectivity index (χ1) is 13.6. The number of rotatable bonds is 13. The summed E-state index contributed by atoms with van der Waals surface area (Å²) in [5.74, 6) is -0.892. The molecule has 0 radical (unpaired) electrons. The predicted molar refractivity (Wildman–Crippen MR) is 116 cm³/mol. The van der Waals surface area contributed by atoms with Crippen molar-refractivity contribution < 1.29 is 14.7 Å². The molecule has 0 unspecified atom stereocenters. The topological polar surface area (TPSA) is 66.4 Å². The molecule has 0 saturated heterocycles. The highest BCUT2D eigenvalue weighted by molar-refractivity contribution is 5.97. The molecule has 0 saturated carbocycles. The molecule has 0 bridgehead atoms. The second-order valence-corrected chi connectivity index (χ2v) is 7.56. The molecule has 0 aromatic heterocycles. The van der Waals surface area contributed by atoms with Crippen molar-refractivity contribution in [3.63, 3.8) is 0 Å². The van der Waals surface area contributed by atoms with E-state index in [0.29, 0.717) is 6.42 Å². The standard InChI is InChI=1S/C24H33NO3/c1-2-3-4-5-6-7-8-9-10-11-12-23(26)25-22-16-15-19-17-21(24(27)28)14-13-20(19)18-22/h13-18H,2-12H2,1H3,(H,25,26)(H,27,28). The number of carboxylic acids is 1. The summed E-state index contributed by atoms with van der Waals surface area (Å²) in [5, 5.41) is 13.8. The molecule has 0 spiro atoms. The quantitative estimate of drug-likeness (QED) is 0.374. The second-order valence-electron chi connectivity index (χ2n) is 7.56.